The Balaban J connectivity index is 1.39. The molecule has 1 aliphatic heterocycles. The summed E-state index contributed by atoms with van der Waals surface area (Å²) in [6.07, 6.45) is 6.54. The summed E-state index contributed by atoms with van der Waals surface area (Å²) >= 11 is 0. The first kappa shape index (κ1) is 24.5. The van der Waals surface area contributed by atoms with Crippen molar-refractivity contribution >= 4 is 11.6 Å². The summed E-state index contributed by atoms with van der Waals surface area (Å²) < 4.78 is 1.81. The van der Waals surface area contributed by atoms with Crippen molar-refractivity contribution < 1.29 is 4.79 Å². The molecule has 5 rings (SSSR count). The van der Waals surface area contributed by atoms with Crippen molar-refractivity contribution in [2.24, 2.45) is 7.05 Å². The van der Waals surface area contributed by atoms with E-state index in [-0.39, 0.29) is 5.91 Å². The lowest BCUT2D eigenvalue weighted by atomic mass is 9.95. The number of nitrogens with zero attached hydrogens (tertiary/aromatic N) is 4. The van der Waals surface area contributed by atoms with Crippen LogP contribution in [0.25, 0.3) is 11.1 Å². The molecule has 3 aromatic carbocycles. The van der Waals surface area contributed by atoms with Gasteiger partial charge in [-0.15, -0.1) is 0 Å². The number of anilines is 1. The van der Waals surface area contributed by atoms with Gasteiger partial charge in [0.1, 0.15) is 6.04 Å². The van der Waals surface area contributed by atoms with Gasteiger partial charge in [-0.1, -0.05) is 42.5 Å². The van der Waals surface area contributed by atoms with Gasteiger partial charge in [0, 0.05) is 37.6 Å². The van der Waals surface area contributed by atoms with E-state index in [9.17, 15) is 4.79 Å². The normalized spacial score (nSPS) is 13.6. The molecule has 0 saturated heterocycles. The van der Waals surface area contributed by atoms with E-state index in [0.29, 0.717) is 18.7 Å². The second-order valence-electron chi connectivity index (χ2n) is 9.64. The number of rotatable bonds is 7. The van der Waals surface area contributed by atoms with Crippen molar-refractivity contribution in [1.82, 2.24) is 15.1 Å². The van der Waals surface area contributed by atoms with Gasteiger partial charge >= 0.3 is 0 Å². The summed E-state index contributed by atoms with van der Waals surface area (Å²) in [7, 11) is 1.92. The van der Waals surface area contributed by atoms with Gasteiger partial charge in [-0.2, -0.15) is 10.4 Å². The highest BCUT2D eigenvalue weighted by atomic mass is 16.2. The van der Waals surface area contributed by atoms with Crippen molar-refractivity contribution in [1.29, 1.82) is 5.26 Å². The van der Waals surface area contributed by atoms with Gasteiger partial charge in [0.15, 0.2) is 0 Å². The second kappa shape index (κ2) is 10.8. The Morgan fingerprint density at radius 2 is 1.92 bits per heavy atom. The van der Waals surface area contributed by atoms with Crippen LogP contribution >= 0.6 is 0 Å². The van der Waals surface area contributed by atoms with E-state index in [1.54, 1.807) is 4.68 Å². The third kappa shape index (κ3) is 5.32. The van der Waals surface area contributed by atoms with Crippen LogP contribution in [0.15, 0.2) is 79.1 Å². The lowest BCUT2D eigenvalue weighted by Crippen LogP contribution is -2.44. The average molecular weight is 490 g/mol. The van der Waals surface area contributed by atoms with Crippen LogP contribution in [-0.4, -0.2) is 28.8 Å². The molecule has 0 fully saturated rings. The fraction of sp³-hybridized carbons (Fsp3) is 0.258. The molecule has 0 spiro atoms. The van der Waals surface area contributed by atoms with E-state index in [0.717, 1.165) is 52.8 Å². The molecule has 1 N–H and O–H groups in total. The van der Waals surface area contributed by atoms with Gasteiger partial charge in [0.05, 0.1) is 17.8 Å². The minimum atomic E-state index is -0.441. The highest BCUT2D eigenvalue weighted by molar-refractivity contribution is 5.99. The SMILES string of the molecule is Cc1ccccc1C(NCCc1ccc(C#N)cc1)C(=O)N1CCCc2cc(-c3cnn(C)c3)ccc21. The van der Waals surface area contributed by atoms with Crippen LogP contribution in [0.5, 0.6) is 0 Å². The second-order valence-corrected chi connectivity index (χ2v) is 9.64. The molecule has 0 saturated carbocycles. The van der Waals surface area contributed by atoms with Crippen LogP contribution in [0, 0.1) is 18.3 Å². The minimum absolute atomic E-state index is 0.0733. The lowest BCUT2D eigenvalue weighted by molar-refractivity contribution is -0.120. The maximum absolute atomic E-state index is 14.1. The highest BCUT2D eigenvalue weighted by Gasteiger charge is 2.30. The Morgan fingerprint density at radius 1 is 1.11 bits per heavy atom. The Kier molecular flexibility index (Phi) is 7.16. The number of hydrogen-bond acceptors (Lipinski definition) is 4. The van der Waals surface area contributed by atoms with E-state index >= 15 is 0 Å². The Morgan fingerprint density at radius 3 is 2.65 bits per heavy atom. The highest BCUT2D eigenvalue weighted by Crippen LogP contribution is 2.33. The largest absolute Gasteiger partial charge is 0.310 e. The quantitative estimate of drug-likeness (QED) is 0.391. The summed E-state index contributed by atoms with van der Waals surface area (Å²) in [5.74, 6) is 0.0733. The van der Waals surface area contributed by atoms with Crippen LogP contribution in [-0.2, 0) is 24.7 Å². The molecule has 6 heteroatoms. The predicted molar refractivity (Wildman–Crippen MR) is 146 cm³/mol. The zero-order valence-corrected chi connectivity index (χ0v) is 21.3. The number of fused-ring (bicyclic) bond motifs is 1. The molecule has 2 heterocycles. The van der Waals surface area contributed by atoms with E-state index in [1.165, 1.54) is 5.56 Å². The molecule has 186 valence electrons. The van der Waals surface area contributed by atoms with Crippen molar-refractivity contribution in [2.45, 2.75) is 32.2 Å². The molecule has 1 aliphatic rings. The van der Waals surface area contributed by atoms with Crippen LogP contribution in [0.2, 0.25) is 0 Å². The van der Waals surface area contributed by atoms with Crippen molar-refractivity contribution in [2.75, 3.05) is 18.0 Å². The van der Waals surface area contributed by atoms with Gasteiger partial charge in [0.25, 0.3) is 0 Å². The molecule has 4 aromatic rings. The first-order valence-electron chi connectivity index (χ1n) is 12.7. The molecule has 1 unspecified atom stereocenters. The predicted octanol–water partition coefficient (Wildman–Crippen LogP) is 5.12. The van der Waals surface area contributed by atoms with E-state index < -0.39 is 6.04 Å². The number of nitriles is 1. The number of carbonyl (C=O) groups excluding carboxylic acids is 1. The summed E-state index contributed by atoms with van der Waals surface area (Å²) in [4.78, 5) is 16.1. The first-order valence-corrected chi connectivity index (χ1v) is 12.7. The zero-order chi connectivity index (χ0) is 25.8. The van der Waals surface area contributed by atoms with E-state index in [2.05, 4.69) is 47.7 Å². The number of aromatic nitrogens is 2. The molecule has 0 aliphatic carbocycles. The molecular weight excluding hydrogens is 458 g/mol. The summed E-state index contributed by atoms with van der Waals surface area (Å²) in [6.45, 7) is 3.41. The molecule has 37 heavy (non-hydrogen) atoms. The van der Waals surface area contributed by atoms with E-state index in [4.69, 9.17) is 5.26 Å². The summed E-state index contributed by atoms with van der Waals surface area (Å²) in [6, 6.07) is 23.8. The topological polar surface area (TPSA) is 74.0 Å². The van der Waals surface area contributed by atoms with E-state index in [1.807, 2.05) is 66.8 Å². The number of aryl methyl sites for hydroxylation is 3. The average Bonchev–Trinajstić information content (AvgIpc) is 3.37. The van der Waals surface area contributed by atoms with Crippen LogP contribution in [0.1, 0.15) is 40.3 Å². The monoisotopic (exact) mass is 489 g/mol. The molecule has 0 bridgehead atoms. The fourth-order valence-electron chi connectivity index (χ4n) is 5.08. The maximum Gasteiger partial charge on any atom is 0.248 e. The Labute approximate surface area is 218 Å². The minimum Gasteiger partial charge on any atom is -0.310 e. The lowest BCUT2D eigenvalue weighted by Gasteiger charge is -2.33. The van der Waals surface area contributed by atoms with Crippen LogP contribution < -0.4 is 10.2 Å². The standard InChI is InChI=1S/C31H31N5O/c1-22-6-3-4-8-28(22)30(33-16-15-23-9-11-24(19-32)12-10-23)31(37)36-17-5-7-26-18-25(13-14-29(26)36)27-20-34-35(2)21-27/h3-4,6,8-14,18,20-21,30,33H,5,7,15-17H2,1-2H3. The third-order valence-corrected chi connectivity index (χ3v) is 7.09. The summed E-state index contributed by atoms with van der Waals surface area (Å²) in [5.41, 5.74) is 8.28. The maximum atomic E-state index is 14.1. The van der Waals surface area contributed by atoms with Gasteiger partial charge in [0.2, 0.25) is 5.91 Å². The number of benzene rings is 3. The number of hydrogen-bond donors (Lipinski definition) is 1. The number of nitrogens with one attached hydrogen (secondary N) is 1. The van der Waals surface area contributed by atoms with Gasteiger partial charge in [-0.25, -0.2) is 0 Å². The molecule has 1 atom stereocenters. The number of carbonyl (C=O) groups is 1. The molecule has 1 amide bonds. The molecular formula is C31H31N5O. The Bertz CT molecular complexity index is 1450. The molecule has 6 nitrogen and oxygen atoms in total. The third-order valence-electron chi connectivity index (χ3n) is 7.09. The first-order chi connectivity index (χ1) is 18.0. The number of amides is 1. The van der Waals surface area contributed by atoms with Gasteiger partial charge in [-0.05, 0) is 78.3 Å². The fourth-order valence-corrected chi connectivity index (χ4v) is 5.08. The molecule has 0 radical (unpaired) electrons. The molecule has 1 aromatic heterocycles. The van der Waals surface area contributed by atoms with Crippen molar-refractivity contribution in [3.63, 3.8) is 0 Å². The summed E-state index contributed by atoms with van der Waals surface area (Å²) in [5, 5.41) is 16.9. The van der Waals surface area contributed by atoms with Gasteiger partial charge in [-0.3, -0.25) is 9.48 Å². The Hall–Kier alpha value is -4.21. The smallest absolute Gasteiger partial charge is 0.248 e. The van der Waals surface area contributed by atoms with Crippen LogP contribution in [0.3, 0.4) is 0 Å². The zero-order valence-electron chi connectivity index (χ0n) is 21.3. The van der Waals surface area contributed by atoms with Crippen molar-refractivity contribution in [3.8, 4) is 17.2 Å². The van der Waals surface area contributed by atoms with Gasteiger partial charge < -0.3 is 10.2 Å². The van der Waals surface area contributed by atoms with Crippen LogP contribution in [0.4, 0.5) is 5.69 Å². The van der Waals surface area contributed by atoms with Crippen molar-refractivity contribution in [3.05, 3.63) is 107 Å².